The number of nitrogens with zero attached hydrogens (tertiary/aromatic N) is 1. The molecule has 0 radical (unpaired) electrons. The van der Waals surface area contributed by atoms with Gasteiger partial charge in [-0.2, -0.15) is 11.8 Å². The zero-order valence-electron chi connectivity index (χ0n) is 17.8. The van der Waals surface area contributed by atoms with Crippen molar-refractivity contribution in [3.63, 3.8) is 0 Å². The van der Waals surface area contributed by atoms with E-state index in [1.165, 1.54) is 51.3 Å². The van der Waals surface area contributed by atoms with E-state index in [4.69, 9.17) is 4.74 Å². The van der Waals surface area contributed by atoms with Crippen LogP contribution in [0.4, 0.5) is 5.69 Å². The molecule has 0 spiro atoms. The van der Waals surface area contributed by atoms with Crippen molar-refractivity contribution in [2.75, 3.05) is 30.3 Å². The van der Waals surface area contributed by atoms with Crippen molar-refractivity contribution in [3.05, 3.63) is 54.6 Å². The van der Waals surface area contributed by atoms with Crippen molar-refractivity contribution in [1.82, 2.24) is 5.32 Å². The van der Waals surface area contributed by atoms with Crippen molar-refractivity contribution >= 4 is 33.4 Å². The lowest BCUT2D eigenvalue weighted by atomic mass is 10.0. The van der Waals surface area contributed by atoms with Crippen LogP contribution in [0.25, 0.3) is 0 Å². The number of thioether (sulfide) groups is 1. The second-order valence-corrected chi connectivity index (χ2v) is 10.7. The van der Waals surface area contributed by atoms with Crippen LogP contribution in [0, 0.1) is 0 Å². The van der Waals surface area contributed by atoms with Crippen LogP contribution in [-0.4, -0.2) is 45.5 Å². The zero-order chi connectivity index (χ0) is 22.1. The summed E-state index contributed by atoms with van der Waals surface area (Å²) in [6, 6.07) is 14.9. The highest BCUT2D eigenvalue weighted by molar-refractivity contribution is 7.99. The Balaban J connectivity index is 1.70. The summed E-state index contributed by atoms with van der Waals surface area (Å²) >= 11 is 1.90. The average Bonchev–Trinajstić information content (AvgIpc) is 2.81. The first-order valence-electron chi connectivity index (χ1n) is 10.6. The minimum Gasteiger partial charge on any atom is -0.495 e. The third-order valence-electron chi connectivity index (χ3n) is 5.30. The maximum absolute atomic E-state index is 13.4. The molecule has 0 aromatic heterocycles. The van der Waals surface area contributed by atoms with Gasteiger partial charge in [-0.05, 0) is 37.1 Å². The van der Waals surface area contributed by atoms with Gasteiger partial charge in [0, 0.05) is 17.5 Å². The number of amides is 1. The van der Waals surface area contributed by atoms with E-state index in [1.54, 1.807) is 42.5 Å². The minimum atomic E-state index is -3.94. The normalized spacial score (nSPS) is 14.7. The molecule has 1 amide bonds. The van der Waals surface area contributed by atoms with Crippen LogP contribution < -0.4 is 14.4 Å². The quantitative estimate of drug-likeness (QED) is 0.539. The SMILES string of the molecule is COc1ccccc1N(CC(=O)NCCSC1CCCCC1)S(=O)(=O)c1ccccc1. The summed E-state index contributed by atoms with van der Waals surface area (Å²) in [5.74, 6) is 0.883. The fourth-order valence-corrected chi connectivity index (χ4v) is 6.36. The molecule has 1 saturated carbocycles. The van der Waals surface area contributed by atoms with Crippen molar-refractivity contribution < 1.29 is 17.9 Å². The summed E-state index contributed by atoms with van der Waals surface area (Å²) in [5.41, 5.74) is 0.334. The van der Waals surface area contributed by atoms with Crippen LogP contribution in [-0.2, 0) is 14.8 Å². The fraction of sp³-hybridized carbons (Fsp3) is 0.435. The molecule has 3 rings (SSSR count). The van der Waals surface area contributed by atoms with Gasteiger partial charge in [0.2, 0.25) is 5.91 Å². The highest BCUT2D eigenvalue weighted by Gasteiger charge is 2.29. The Bertz CT molecular complexity index is 945. The number of nitrogens with one attached hydrogen (secondary N) is 1. The molecule has 0 bridgehead atoms. The summed E-state index contributed by atoms with van der Waals surface area (Å²) in [5, 5.41) is 3.55. The average molecular weight is 463 g/mol. The summed E-state index contributed by atoms with van der Waals surface area (Å²) in [4.78, 5) is 12.8. The number of benzene rings is 2. The van der Waals surface area contributed by atoms with Crippen molar-refractivity contribution in [3.8, 4) is 5.75 Å². The number of anilines is 1. The van der Waals surface area contributed by atoms with Gasteiger partial charge in [-0.15, -0.1) is 0 Å². The van der Waals surface area contributed by atoms with E-state index >= 15 is 0 Å². The van der Waals surface area contributed by atoms with Gasteiger partial charge in [0.1, 0.15) is 12.3 Å². The van der Waals surface area contributed by atoms with E-state index in [-0.39, 0.29) is 17.3 Å². The third kappa shape index (κ3) is 6.40. The Morgan fingerprint density at radius 1 is 1.06 bits per heavy atom. The monoisotopic (exact) mass is 462 g/mol. The molecule has 8 heteroatoms. The Kier molecular flexibility index (Phi) is 8.66. The number of carbonyl (C=O) groups excluding carboxylic acids is 1. The van der Waals surface area contributed by atoms with Gasteiger partial charge in [0.05, 0.1) is 17.7 Å². The topological polar surface area (TPSA) is 75.7 Å². The molecule has 2 aromatic rings. The highest BCUT2D eigenvalue weighted by Crippen LogP contribution is 2.32. The maximum Gasteiger partial charge on any atom is 0.264 e. The van der Waals surface area contributed by atoms with Gasteiger partial charge in [0.15, 0.2) is 0 Å². The third-order valence-corrected chi connectivity index (χ3v) is 8.46. The van der Waals surface area contributed by atoms with E-state index in [0.29, 0.717) is 23.2 Å². The number of rotatable bonds is 10. The van der Waals surface area contributed by atoms with E-state index in [2.05, 4.69) is 5.32 Å². The molecule has 1 aliphatic rings. The molecule has 168 valence electrons. The first kappa shape index (κ1) is 23.5. The first-order chi connectivity index (χ1) is 15.0. The summed E-state index contributed by atoms with van der Waals surface area (Å²) in [6.45, 7) is 0.205. The Hall–Kier alpha value is -2.19. The molecule has 0 aliphatic heterocycles. The van der Waals surface area contributed by atoms with Gasteiger partial charge >= 0.3 is 0 Å². The number of carbonyl (C=O) groups is 1. The zero-order valence-corrected chi connectivity index (χ0v) is 19.5. The van der Waals surface area contributed by atoms with Gasteiger partial charge < -0.3 is 10.1 Å². The second kappa shape index (κ2) is 11.4. The molecule has 31 heavy (non-hydrogen) atoms. The molecule has 0 atom stereocenters. The van der Waals surface area contributed by atoms with Crippen LogP contribution in [0.3, 0.4) is 0 Å². The van der Waals surface area contributed by atoms with Crippen LogP contribution in [0.15, 0.2) is 59.5 Å². The molecular formula is C23H30N2O4S2. The van der Waals surface area contributed by atoms with E-state index < -0.39 is 10.0 Å². The van der Waals surface area contributed by atoms with Gasteiger partial charge in [-0.25, -0.2) is 8.42 Å². The molecule has 2 aromatic carbocycles. The van der Waals surface area contributed by atoms with E-state index in [1.807, 2.05) is 11.8 Å². The predicted octanol–water partition coefficient (Wildman–Crippen LogP) is 4.07. The maximum atomic E-state index is 13.4. The number of hydrogen-bond donors (Lipinski definition) is 1. The lowest BCUT2D eigenvalue weighted by Crippen LogP contribution is -2.41. The Labute approximate surface area is 189 Å². The van der Waals surface area contributed by atoms with Crippen molar-refractivity contribution in [1.29, 1.82) is 0 Å². The Morgan fingerprint density at radius 3 is 2.45 bits per heavy atom. The predicted molar refractivity (Wildman–Crippen MR) is 126 cm³/mol. The summed E-state index contributed by atoms with van der Waals surface area (Å²) < 4.78 is 33.2. The molecule has 6 nitrogen and oxygen atoms in total. The number of para-hydroxylation sites is 2. The van der Waals surface area contributed by atoms with Crippen molar-refractivity contribution in [2.45, 2.75) is 42.2 Å². The second-order valence-electron chi connectivity index (χ2n) is 7.48. The lowest BCUT2D eigenvalue weighted by Gasteiger charge is -2.25. The standard InChI is InChI=1S/C23H30N2O4S2/c1-29-22-15-9-8-14-21(22)25(31(27,28)20-12-6-3-7-13-20)18-23(26)24-16-17-30-19-10-4-2-5-11-19/h3,6-9,12-15,19H,2,4-5,10-11,16-18H2,1H3,(H,24,26). The number of ether oxygens (including phenoxy) is 1. The van der Waals surface area contributed by atoms with Gasteiger partial charge in [-0.1, -0.05) is 49.6 Å². The first-order valence-corrected chi connectivity index (χ1v) is 13.1. The van der Waals surface area contributed by atoms with Crippen LogP contribution in [0.5, 0.6) is 5.75 Å². The highest BCUT2D eigenvalue weighted by atomic mass is 32.2. The minimum absolute atomic E-state index is 0.126. The molecule has 0 unspecified atom stereocenters. The largest absolute Gasteiger partial charge is 0.495 e. The van der Waals surface area contributed by atoms with Crippen LogP contribution >= 0.6 is 11.8 Å². The summed E-state index contributed by atoms with van der Waals surface area (Å²) in [7, 11) is -2.46. The number of sulfonamides is 1. The van der Waals surface area contributed by atoms with Crippen LogP contribution in [0.1, 0.15) is 32.1 Å². The molecule has 0 heterocycles. The molecule has 1 aliphatic carbocycles. The molecule has 1 N–H and O–H groups in total. The molecule has 0 saturated heterocycles. The van der Waals surface area contributed by atoms with Gasteiger partial charge in [-0.3, -0.25) is 9.10 Å². The number of methoxy groups -OCH3 is 1. The van der Waals surface area contributed by atoms with Crippen LogP contribution in [0.2, 0.25) is 0 Å². The molecule has 1 fully saturated rings. The van der Waals surface area contributed by atoms with E-state index in [0.717, 1.165) is 10.1 Å². The smallest absolute Gasteiger partial charge is 0.264 e. The van der Waals surface area contributed by atoms with Gasteiger partial charge in [0.25, 0.3) is 10.0 Å². The lowest BCUT2D eigenvalue weighted by molar-refractivity contribution is -0.119. The Morgan fingerprint density at radius 2 is 1.74 bits per heavy atom. The van der Waals surface area contributed by atoms with E-state index in [9.17, 15) is 13.2 Å². The fourth-order valence-electron chi connectivity index (χ4n) is 3.69. The van der Waals surface area contributed by atoms with Crippen molar-refractivity contribution in [2.24, 2.45) is 0 Å². The number of hydrogen-bond acceptors (Lipinski definition) is 5. The molecular weight excluding hydrogens is 432 g/mol. The summed E-state index contributed by atoms with van der Waals surface area (Å²) in [6.07, 6.45) is 6.39.